The summed E-state index contributed by atoms with van der Waals surface area (Å²) in [6, 6.07) is 3.24. The van der Waals surface area contributed by atoms with E-state index in [1.807, 2.05) is 0 Å². The molecule has 0 radical (unpaired) electrons. The van der Waals surface area contributed by atoms with Crippen LogP contribution in [0.3, 0.4) is 0 Å². The maximum Gasteiger partial charge on any atom is 0.240 e. The third-order valence-electron chi connectivity index (χ3n) is 4.64. The highest BCUT2D eigenvalue weighted by molar-refractivity contribution is 7.16. The van der Waals surface area contributed by atoms with Crippen molar-refractivity contribution in [3.05, 3.63) is 11.4 Å². The number of anilines is 2. The molecule has 21 heavy (non-hydrogen) atoms. The molecule has 7 heteroatoms. The Labute approximate surface area is 127 Å². The Morgan fingerprint density at radius 3 is 3.14 bits per heavy atom. The molecule has 2 aromatic heterocycles. The van der Waals surface area contributed by atoms with E-state index in [1.165, 1.54) is 19.4 Å². The number of nitrogens with zero attached hydrogens (tertiary/aromatic N) is 4. The molecule has 6 nitrogen and oxygen atoms in total. The summed E-state index contributed by atoms with van der Waals surface area (Å²) in [7, 11) is 0. The van der Waals surface area contributed by atoms with Crippen LogP contribution in [0.2, 0.25) is 0 Å². The Hall–Kier alpha value is -1.44. The Morgan fingerprint density at radius 2 is 2.29 bits per heavy atom. The van der Waals surface area contributed by atoms with Crippen LogP contribution >= 0.6 is 11.3 Å². The lowest BCUT2D eigenvalue weighted by atomic mass is 10.1. The van der Waals surface area contributed by atoms with Crippen molar-refractivity contribution >= 4 is 33.3 Å². The van der Waals surface area contributed by atoms with Crippen molar-refractivity contribution in [1.29, 1.82) is 0 Å². The molecule has 2 atom stereocenters. The minimum atomic E-state index is 0.461. The van der Waals surface area contributed by atoms with Gasteiger partial charge in [0, 0.05) is 25.2 Å². The highest BCUT2D eigenvalue weighted by Gasteiger charge is 2.35. The predicted molar refractivity (Wildman–Crippen MR) is 86.6 cm³/mol. The number of nitrogens with one attached hydrogen (secondary N) is 1. The lowest BCUT2D eigenvalue weighted by molar-refractivity contribution is 0.202. The van der Waals surface area contributed by atoms with Crippen LogP contribution in [0.25, 0.3) is 10.2 Å². The van der Waals surface area contributed by atoms with E-state index >= 15 is 0 Å². The van der Waals surface area contributed by atoms with Crippen molar-refractivity contribution in [3.63, 3.8) is 0 Å². The van der Waals surface area contributed by atoms with Crippen molar-refractivity contribution < 1.29 is 0 Å². The van der Waals surface area contributed by atoms with Gasteiger partial charge in [-0.3, -0.25) is 10.3 Å². The van der Waals surface area contributed by atoms with Gasteiger partial charge in [-0.1, -0.05) is 0 Å². The maximum absolute atomic E-state index is 5.53. The molecule has 2 aliphatic rings. The van der Waals surface area contributed by atoms with Crippen LogP contribution < -0.4 is 16.2 Å². The molecular formula is C14H20N6S. The number of nitrogens with two attached hydrogens (primary N) is 1. The zero-order chi connectivity index (χ0) is 14.4. The van der Waals surface area contributed by atoms with Gasteiger partial charge in [-0.2, -0.15) is 4.98 Å². The maximum atomic E-state index is 5.53. The van der Waals surface area contributed by atoms with Gasteiger partial charge in [-0.05, 0) is 37.8 Å². The summed E-state index contributed by atoms with van der Waals surface area (Å²) in [4.78, 5) is 15.1. The Bertz CT molecular complexity index is 656. The van der Waals surface area contributed by atoms with Crippen LogP contribution in [0.15, 0.2) is 11.4 Å². The highest BCUT2D eigenvalue weighted by atomic mass is 32.1. The average Bonchev–Trinajstić information content (AvgIpc) is 3.13. The summed E-state index contributed by atoms with van der Waals surface area (Å²) in [6.07, 6.45) is 2.61. The molecule has 2 aromatic rings. The molecule has 4 rings (SSSR count). The highest BCUT2D eigenvalue weighted by Crippen LogP contribution is 2.33. The lowest BCUT2D eigenvalue weighted by Crippen LogP contribution is -2.55. The first-order chi connectivity index (χ1) is 10.3. The third-order valence-corrected chi connectivity index (χ3v) is 5.45. The summed E-state index contributed by atoms with van der Waals surface area (Å²) in [5.41, 5.74) is 2.60. The normalized spacial score (nSPS) is 26.3. The molecule has 2 saturated heterocycles. The average molecular weight is 304 g/mol. The lowest BCUT2D eigenvalue weighted by Gasteiger charge is -2.43. The summed E-state index contributed by atoms with van der Waals surface area (Å²) in [5, 5.41) is 3.21. The number of hydrogen-bond acceptors (Lipinski definition) is 7. The second-order valence-electron chi connectivity index (χ2n) is 5.95. The third kappa shape index (κ3) is 2.16. The van der Waals surface area contributed by atoms with Gasteiger partial charge in [-0.25, -0.2) is 10.8 Å². The predicted octanol–water partition coefficient (Wildman–Crippen LogP) is 1.65. The molecule has 0 spiro atoms. The van der Waals surface area contributed by atoms with Crippen LogP contribution in [0.5, 0.6) is 0 Å². The van der Waals surface area contributed by atoms with Crippen LogP contribution in [0.4, 0.5) is 11.8 Å². The molecule has 2 aliphatic heterocycles. The summed E-state index contributed by atoms with van der Waals surface area (Å²) in [6.45, 7) is 5.69. The van der Waals surface area contributed by atoms with Gasteiger partial charge < -0.3 is 4.90 Å². The Kier molecular flexibility index (Phi) is 3.20. The minimum absolute atomic E-state index is 0.461. The van der Waals surface area contributed by atoms with Crippen molar-refractivity contribution in [2.24, 2.45) is 5.84 Å². The molecule has 0 bridgehead atoms. The van der Waals surface area contributed by atoms with Crippen molar-refractivity contribution in [2.75, 3.05) is 30.0 Å². The smallest absolute Gasteiger partial charge is 0.240 e. The van der Waals surface area contributed by atoms with Crippen LogP contribution in [0.1, 0.15) is 19.8 Å². The molecule has 3 N–H and O–H groups in total. The topological polar surface area (TPSA) is 70.3 Å². The van der Waals surface area contributed by atoms with E-state index in [9.17, 15) is 0 Å². The van der Waals surface area contributed by atoms with Crippen LogP contribution in [-0.4, -0.2) is 46.6 Å². The zero-order valence-electron chi connectivity index (χ0n) is 12.1. The Balaban J connectivity index is 1.76. The monoisotopic (exact) mass is 304 g/mol. The minimum Gasteiger partial charge on any atom is -0.350 e. The second kappa shape index (κ2) is 5.08. The first-order valence-corrected chi connectivity index (χ1v) is 8.37. The molecule has 0 aromatic carbocycles. The summed E-state index contributed by atoms with van der Waals surface area (Å²) < 4.78 is 0. The van der Waals surface area contributed by atoms with Crippen LogP contribution in [0, 0.1) is 0 Å². The van der Waals surface area contributed by atoms with Gasteiger partial charge in [0.05, 0.1) is 5.39 Å². The van der Waals surface area contributed by atoms with Gasteiger partial charge in [0.1, 0.15) is 10.6 Å². The molecule has 0 saturated carbocycles. The summed E-state index contributed by atoms with van der Waals surface area (Å²) in [5.74, 6) is 7.05. The standard InChI is InChI=1S/C14H20N6S/c1-9-7-19-5-2-3-10(19)8-20(9)12-11-4-6-21-13(11)17-14(16-12)18-15/h4,6,9-10H,2-3,5,7-8,15H2,1H3,(H,16,17,18). The van der Waals surface area contributed by atoms with E-state index in [2.05, 4.69) is 43.6 Å². The molecule has 4 heterocycles. The number of aromatic nitrogens is 2. The number of hydrazine groups is 1. The fraction of sp³-hybridized carbons (Fsp3) is 0.571. The van der Waals surface area contributed by atoms with Crippen molar-refractivity contribution in [1.82, 2.24) is 14.9 Å². The molecule has 2 fully saturated rings. The van der Waals surface area contributed by atoms with Gasteiger partial charge in [-0.15, -0.1) is 11.3 Å². The first-order valence-electron chi connectivity index (χ1n) is 7.49. The number of piperazine rings is 1. The molecule has 0 aliphatic carbocycles. The first kappa shape index (κ1) is 13.2. The van der Waals surface area contributed by atoms with Gasteiger partial charge in [0.15, 0.2) is 0 Å². The number of thiophene rings is 1. The quantitative estimate of drug-likeness (QED) is 0.649. The largest absolute Gasteiger partial charge is 0.350 e. The molecule has 2 unspecified atom stereocenters. The van der Waals surface area contributed by atoms with E-state index in [0.717, 1.165) is 29.1 Å². The summed E-state index contributed by atoms with van der Waals surface area (Å²) >= 11 is 1.63. The fourth-order valence-electron chi connectivity index (χ4n) is 3.61. The Morgan fingerprint density at radius 1 is 1.38 bits per heavy atom. The zero-order valence-corrected chi connectivity index (χ0v) is 12.9. The van der Waals surface area contributed by atoms with Crippen LogP contribution in [-0.2, 0) is 0 Å². The molecule has 0 amide bonds. The van der Waals surface area contributed by atoms with E-state index in [1.54, 1.807) is 11.3 Å². The molecular weight excluding hydrogens is 284 g/mol. The second-order valence-corrected chi connectivity index (χ2v) is 6.84. The van der Waals surface area contributed by atoms with Crippen molar-refractivity contribution in [3.8, 4) is 0 Å². The number of rotatable bonds is 2. The number of hydrogen-bond donors (Lipinski definition) is 2. The number of fused-ring (bicyclic) bond motifs is 2. The van der Waals surface area contributed by atoms with Gasteiger partial charge in [0.25, 0.3) is 0 Å². The van der Waals surface area contributed by atoms with Crippen molar-refractivity contribution in [2.45, 2.75) is 31.8 Å². The van der Waals surface area contributed by atoms with E-state index in [4.69, 9.17) is 5.84 Å². The van der Waals surface area contributed by atoms with Gasteiger partial charge >= 0.3 is 0 Å². The van der Waals surface area contributed by atoms with E-state index in [-0.39, 0.29) is 0 Å². The van der Waals surface area contributed by atoms with E-state index in [0.29, 0.717) is 18.0 Å². The van der Waals surface area contributed by atoms with E-state index < -0.39 is 0 Å². The fourth-order valence-corrected chi connectivity index (χ4v) is 4.36. The van der Waals surface area contributed by atoms with Gasteiger partial charge in [0.2, 0.25) is 5.95 Å². The SMILES string of the molecule is CC1CN2CCCC2CN1c1nc(NN)nc2sccc12. The molecule has 112 valence electrons. The number of nitrogen functional groups attached to an aromatic ring is 1.